The van der Waals surface area contributed by atoms with E-state index >= 15 is 0 Å². The fraction of sp³-hybridized carbons (Fsp3) is 0.533. The van der Waals surface area contributed by atoms with Crippen LogP contribution < -0.4 is 16.0 Å². The molecule has 6 nitrogen and oxygen atoms in total. The van der Waals surface area contributed by atoms with Crippen molar-refractivity contribution in [2.24, 2.45) is 5.92 Å². The van der Waals surface area contributed by atoms with Gasteiger partial charge in [0.2, 0.25) is 11.8 Å². The smallest absolute Gasteiger partial charge is 0.262 e. The average Bonchev–Trinajstić information content (AvgIpc) is 2.98. The standard InChI is InChI=1S/C15H23N3O3S/c1-5-16-13(19)10(4)17-15(21)12(9(2)3)18-14(20)11-7-6-8-22-11/h6-10,12H,5H2,1-4H3,(H,16,19)(H,17,21)(H,18,20)/t10-,12+/m0/s1. The van der Waals surface area contributed by atoms with Crippen LogP contribution in [0.4, 0.5) is 0 Å². The van der Waals surface area contributed by atoms with Crippen molar-refractivity contribution in [1.29, 1.82) is 0 Å². The maximum atomic E-state index is 12.3. The topological polar surface area (TPSA) is 87.3 Å². The molecule has 1 heterocycles. The van der Waals surface area contributed by atoms with E-state index in [1.54, 1.807) is 24.4 Å². The van der Waals surface area contributed by atoms with Gasteiger partial charge < -0.3 is 16.0 Å². The van der Waals surface area contributed by atoms with Crippen LogP contribution in [-0.4, -0.2) is 36.3 Å². The van der Waals surface area contributed by atoms with E-state index in [4.69, 9.17) is 0 Å². The quantitative estimate of drug-likeness (QED) is 0.702. The van der Waals surface area contributed by atoms with Gasteiger partial charge in [-0.1, -0.05) is 19.9 Å². The summed E-state index contributed by atoms with van der Waals surface area (Å²) < 4.78 is 0. The Kier molecular flexibility index (Phi) is 7.04. The molecule has 1 aromatic heterocycles. The molecule has 0 aliphatic heterocycles. The summed E-state index contributed by atoms with van der Waals surface area (Å²) in [6, 6.07) is 2.15. The highest BCUT2D eigenvalue weighted by atomic mass is 32.1. The van der Waals surface area contributed by atoms with Gasteiger partial charge in [0, 0.05) is 6.54 Å². The van der Waals surface area contributed by atoms with E-state index < -0.39 is 12.1 Å². The minimum atomic E-state index is -0.688. The molecule has 0 fully saturated rings. The predicted molar refractivity (Wildman–Crippen MR) is 86.7 cm³/mol. The minimum Gasteiger partial charge on any atom is -0.355 e. The van der Waals surface area contributed by atoms with Crippen molar-refractivity contribution in [1.82, 2.24) is 16.0 Å². The summed E-state index contributed by atoms with van der Waals surface area (Å²) in [5.74, 6) is -0.985. The number of hydrogen-bond donors (Lipinski definition) is 3. The molecule has 122 valence electrons. The summed E-state index contributed by atoms with van der Waals surface area (Å²) in [6.07, 6.45) is 0. The average molecular weight is 325 g/mol. The maximum Gasteiger partial charge on any atom is 0.262 e. The second kappa shape index (κ2) is 8.53. The van der Waals surface area contributed by atoms with Crippen LogP contribution in [0, 0.1) is 5.92 Å². The molecule has 0 aliphatic carbocycles. The van der Waals surface area contributed by atoms with E-state index in [9.17, 15) is 14.4 Å². The number of carbonyl (C=O) groups is 3. The zero-order valence-electron chi connectivity index (χ0n) is 13.3. The lowest BCUT2D eigenvalue weighted by Gasteiger charge is -2.23. The largest absolute Gasteiger partial charge is 0.355 e. The summed E-state index contributed by atoms with van der Waals surface area (Å²) in [5.41, 5.74) is 0. The molecule has 1 rings (SSSR count). The van der Waals surface area contributed by atoms with Gasteiger partial charge in [0.25, 0.3) is 5.91 Å². The Morgan fingerprint density at radius 2 is 1.82 bits per heavy atom. The number of rotatable bonds is 7. The van der Waals surface area contributed by atoms with E-state index in [-0.39, 0.29) is 23.6 Å². The van der Waals surface area contributed by atoms with Crippen molar-refractivity contribution in [3.63, 3.8) is 0 Å². The molecule has 0 saturated carbocycles. The summed E-state index contributed by atoms with van der Waals surface area (Å²) in [5, 5.41) is 9.80. The van der Waals surface area contributed by atoms with Crippen LogP contribution in [0.5, 0.6) is 0 Å². The van der Waals surface area contributed by atoms with Gasteiger partial charge in [0.1, 0.15) is 12.1 Å². The van der Waals surface area contributed by atoms with Crippen molar-refractivity contribution in [3.8, 4) is 0 Å². The molecule has 0 aromatic carbocycles. The number of likely N-dealkylation sites (N-methyl/N-ethyl adjacent to an activating group) is 1. The molecule has 0 spiro atoms. The molecule has 0 aliphatic rings. The maximum absolute atomic E-state index is 12.3. The van der Waals surface area contributed by atoms with Crippen LogP contribution in [0.25, 0.3) is 0 Å². The highest BCUT2D eigenvalue weighted by Gasteiger charge is 2.27. The Hall–Kier alpha value is -1.89. The molecule has 0 radical (unpaired) electrons. The van der Waals surface area contributed by atoms with E-state index in [0.29, 0.717) is 11.4 Å². The molecule has 1 aromatic rings. The number of thiophene rings is 1. The van der Waals surface area contributed by atoms with Crippen molar-refractivity contribution < 1.29 is 14.4 Å². The zero-order valence-corrected chi connectivity index (χ0v) is 14.1. The van der Waals surface area contributed by atoms with Crippen LogP contribution in [0.15, 0.2) is 17.5 Å². The third-order valence-electron chi connectivity index (χ3n) is 3.08. The molecule has 0 saturated heterocycles. The minimum absolute atomic E-state index is 0.0923. The van der Waals surface area contributed by atoms with E-state index in [1.165, 1.54) is 11.3 Å². The van der Waals surface area contributed by atoms with Crippen LogP contribution in [0.1, 0.15) is 37.4 Å². The van der Waals surface area contributed by atoms with Crippen LogP contribution in [0.2, 0.25) is 0 Å². The Morgan fingerprint density at radius 1 is 1.14 bits per heavy atom. The lowest BCUT2D eigenvalue weighted by atomic mass is 10.0. The summed E-state index contributed by atoms with van der Waals surface area (Å²) in [7, 11) is 0. The number of amides is 3. The van der Waals surface area contributed by atoms with Gasteiger partial charge in [0.05, 0.1) is 4.88 Å². The molecule has 2 atom stereocenters. The number of nitrogens with one attached hydrogen (secondary N) is 3. The lowest BCUT2D eigenvalue weighted by Crippen LogP contribution is -2.54. The number of hydrogen-bond acceptors (Lipinski definition) is 4. The normalized spacial score (nSPS) is 13.3. The summed E-state index contributed by atoms with van der Waals surface area (Å²) in [6.45, 7) is 7.61. The van der Waals surface area contributed by atoms with E-state index in [2.05, 4.69) is 16.0 Å². The fourth-order valence-corrected chi connectivity index (χ4v) is 2.48. The van der Waals surface area contributed by atoms with Crippen molar-refractivity contribution in [2.75, 3.05) is 6.54 Å². The van der Waals surface area contributed by atoms with E-state index in [1.807, 2.05) is 20.8 Å². The van der Waals surface area contributed by atoms with Crippen molar-refractivity contribution in [3.05, 3.63) is 22.4 Å². The predicted octanol–water partition coefficient (Wildman–Crippen LogP) is 1.14. The Morgan fingerprint density at radius 3 is 2.32 bits per heavy atom. The van der Waals surface area contributed by atoms with Gasteiger partial charge in [-0.3, -0.25) is 14.4 Å². The van der Waals surface area contributed by atoms with Gasteiger partial charge in [-0.2, -0.15) is 0 Å². The van der Waals surface area contributed by atoms with Crippen molar-refractivity contribution in [2.45, 2.75) is 39.8 Å². The number of carbonyl (C=O) groups excluding carboxylic acids is 3. The summed E-state index contributed by atoms with van der Waals surface area (Å²) >= 11 is 1.31. The molecule has 0 bridgehead atoms. The first-order valence-electron chi connectivity index (χ1n) is 7.29. The SMILES string of the molecule is CCNC(=O)[C@H](C)NC(=O)[C@H](NC(=O)c1cccs1)C(C)C. The van der Waals surface area contributed by atoms with E-state index in [0.717, 1.165) is 0 Å². The van der Waals surface area contributed by atoms with Gasteiger partial charge in [-0.05, 0) is 31.2 Å². The second-order valence-corrected chi connectivity index (χ2v) is 6.25. The van der Waals surface area contributed by atoms with Crippen molar-refractivity contribution >= 4 is 29.1 Å². The van der Waals surface area contributed by atoms with Gasteiger partial charge in [-0.25, -0.2) is 0 Å². The third kappa shape index (κ3) is 5.14. The summed E-state index contributed by atoms with van der Waals surface area (Å²) in [4.78, 5) is 36.6. The molecule has 3 amide bonds. The molecule has 0 unspecified atom stereocenters. The zero-order chi connectivity index (χ0) is 16.7. The molecule has 7 heteroatoms. The van der Waals surface area contributed by atoms with Gasteiger partial charge >= 0.3 is 0 Å². The van der Waals surface area contributed by atoms with Crippen LogP contribution in [0.3, 0.4) is 0 Å². The first kappa shape index (κ1) is 18.2. The Bertz CT molecular complexity index is 514. The second-order valence-electron chi connectivity index (χ2n) is 5.30. The Labute approximate surface area is 134 Å². The Balaban J connectivity index is 2.68. The van der Waals surface area contributed by atoms with Crippen LogP contribution >= 0.6 is 11.3 Å². The fourth-order valence-electron chi connectivity index (χ4n) is 1.85. The van der Waals surface area contributed by atoms with Gasteiger partial charge in [0.15, 0.2) is 0 Å². The van der Waals surface area contributed by atoms with Gasteiger partial charge in [-0.15, -0.1) is 11.3 Å². The monoisotopic (exact) mass is 325 g/mol. The third-order valence-corrected chi connectivity index (χ3v) is 3.95. The lowest BCUT2D eigenvalue weighted by molar-refractivity contribution is -0.130. The first-order chi connectivity index (χ1) is 10.4. The highest BCUT2D eigenvalue weighted by Crippen LogP contribution is 2.10. The first-order valence-corrected chi connectivity index (χ1v) is 8.17. The molecular weight excluding hydrogens is 302 g/mol. The molecule has 3 N–H and O–H groups in total. The molecule has 22 heavy (non-hydrogen) atoms. The van der Waals surface area contributed by atoms with Crippen LogP contribution in [-0.2, 0) is 9.59 Å². The highest BCUT2D eigenvalue weighted by molar-refractivity contribution is 7.12. The molecular formula is C15H23N3O3S.